The number of benzene rings is 1. The van der Waals surface area contributed by atoms with E-state index in [4.69, 9.17) is 9.47 Å². The second-order valence-corrected chi connectivity index (χ2v) is 7.18. The van der Waals surface area contributed by atoms with Crippen LogP contribution >= 0.6 is 0 Å². The Morgan fingerprint density at radius 3 is 2.17 bits per heavy atom. The molecule has 136 valence electrons. The van der Waals surface area contributed by atoms with Crippen LogP contribution in [0, 0.1) is 5.41 Å². The smallest absolute Gasteiger partial charge is 0.303 e. The molecule has 0 N–H and O–H groups in total. The lowest BCUT2D eigenvalue weighted by molar-refractivity contribution is -0.158. The van der Waals surface area contributed by atoms with Crippen LogP contribution in [-0.2, 0) is 20.9 Å². The van der Waals surface area contributed by atoms with E-state index in [1.165, 1.54) is 6.92 Å². The normalized spacial score (nSPS) is 14.5. The summed E-state index contributed by atoms with van der Waals surface area (Å²) in [6.45, 7) is 15.0. The molecule has 0 fully saturated rings. The Balaban J connectivity index is 2.85. The number of ether oxygens (including phenoxy) is 2. The Morgan fingerprint density at radius 1 is 1.12 bits per heavy atom. The predicted molar refractivity (Wildman–Crippen MR) is 97.8 cm³/mol. The van der Waals surface area contributed by atoms with E-state index in [1.54, 1.807) is 0 Å². The molecule has 0 aromatic heterocycles. The van der Waals surface area contributed by atoms with Crippen molar-refractivity contribution in [3.8, 4) is 0 Å². The first-order chi connectivity index (χ1) is 11.3. The summed E-state index contributed by atoms with van der Waals surface area (Å²) >= 11 is 0. The molecule has 0 spiro atoms. The Labute approximate surface area is 147 Å². The van der Waals surface area contributed by atoms with Crippen molar-refractivity contribution in [3.63, 3.8) is 0 Å². The molecule has 0 aliphatic rings. The highest BCUT2D eigenvalue weighted by Gasteiger charge is 2.37. The molecule has 1 aromatic carbocycles. The maximum absolute atomic E-state index is 11.6. The topological polar surface area (TPSA) is 38.8 Å². The minimum absolute atomic E-state index is 0.0256. The van der Waals surface area contributed by atoms with E-state index in [-0.39, 0.29) is 23.5 Å². The van der Waals surface area contributed by atoms with E-state index in [0.29, 0.717) is 13.2 Å². The fraction of sp³-hybridized carbons (Fsp3) is 0.650. The van der Waals surface area contributed by atoms with E-state index < -0.39 is 0 Å². The van der Waals surface area contributed by atoms with Crippen LogP contribution < -0.4 is 0 Å². The fourth-order valence-electron chi connectivity index (χ4n) is 3.23. The molecule has 4 heteroatoms. The van der Waals surface area contributed by atoms with Crippen LogP contribution in [-0.4, -0.2) is 42.7 Å². The van der Waals surface area contributed by atoms with Gasteiger partial charge in [-0.2, -0.15) is 0 Å². The second-order valence-electron chi connectivity index (χ2n) is 7.18. The molecular weight excluding hydrogens is 302 g/mol. The molecule has 0 aliphatic heterocycles. The third-order valence-electron chi connectivity index (χ3n) is 4.16. The van der Waals surface area contributed by atoms with Crippen molar-refractivity contribution in [2.45, 2.75) is 60.3 Å². The number of hydrogen-bond acceptors (Lipinski definition) is 4. The molecular formula is C20H33NO3. The number of carbonyl (C=O) groups excluding carboxylic acids is 1. The lowest BCUT2D eigenvalue weighted by Crippen LogP contribution is -2.54. The SMILES string of the molecule is CCN(CC)[C@H]([C@@H](COCc1ccccc1)OC(C)=O)C(C)(C)C. The molecule has 2 atom stereocenters. The summed E-state index contributed by atoms with van der Waals surface area (Å²) in [5.41, 5.74) is 1.09. The van der Waals surface area contributed by atoms with Gasteiger partial charge < -0.3 is 9.47 Å². The second kappa shape index (κ2) is 9.80. The summed E-state index contributed by atoms with van der Waals surface area (Å²) in [5, 5.41) is 0. The highest BCUT2D eigenvalue weighted by atomic mass is 16.6. The van der Waals surface area contributed by atoms with E-state index in [1.807, 2.05) is 30.3 Å². The van der Waals surface area contributed by atoms with E-state index in [9.17, 15) is 4.79 Å². The van der Waals surface area contributed by atoms with Crippen LogP contribution in [0.1, 0.15) is 47.1 Å². The highest BCUT2D eigenvalue weighted by molar-refractivity contribution is 5.66. The molecule has 0 saturated carbocycles. The fourth-order valence-corrected chi connectivity index (χ4v) is 3.23. The van der Waals surface area contributed by atoms with Gasteiger partial charge in [0.15, 0.2) is 0 Å². The zero-order chi connectivity index (χ0) is 18.2. The minimum Gasteiger partial charge on any atom is -0.458 e. The van der Waals surface area contributed by atoms with Crippen LogP contribution in [0.5, 0.6) is 0 Å². The van der Waals surface area contributed by atoms with E-state index in [2.05, 4.69) is 39.5 Å². The summed E-state index contributed by atoms with van der Waals surface area (Å²) in [5.74, 6) is -0.260. The Bertz CT molecular complexity index is 477. The summed E-state index contributed by atoms with van der Waals surface area (Å²) in [6.07, 6.45) is -0.286. The molecule has 0 saturated heterocycles. The quantitative estimate of drug-likeness (QED) is 0.642. The number of esters is 1. The number of likely N-dealkylation sites (N-methyl/N-ethyl adjacent to an activating group) is 1. The average molecular weight is 335 g/mol. The molecule has 0 heterocycles. The highest BCUT2D eigenvalue weighted by Crippen LogP contribution is 2.29. The number of rotatable bonds is 9. The summed E-state index contributed by atoms with van der Waals surface area (Å²) in [4.78, 5) is 14.0. The first-order valence-electron chi connectivity index (χ1n) is 8.82. The van der Waals surface area contributed by atoms with Gasteiger partial charge in [0.2, 0.25) is 0 Å². The van der Waals surface area contributed by atoms with Crippen molar-refractivity contribution >= 4 is 5.97 Å². The van der Waals surface area contributed by atoms with Crippen LogP contribution in [0.3, 0.4) is 0 Å². The molecule has 0 aliphatic carbocycles. The monoisotopic (exact) mass is 335 g/mol. The average Bonchev–Trinajstić information content (AvgIpc) is 2.51. The van der Waals surface area contributed by atoms with Crippen LogP contribution in [0.25, 0.3) is 0 Å². The maximum Gasteiger partial charge on any atom is 0.303 e. The van der Waals surface area contributed by atoms with Gasteiger partial charge in [-0.3, -0.25) is 9.69 Å². The van der Waals surface area contributed by atoms with Gasteiger partial charge in [-0.05, 0) is 24.1 Å². The van der Waals surface area contributed by atoms with Gasteiger partial charge in [-0.1, -0.05) is 65.0 Å². The molecule has 1 rings (SSSR count). The van der Waals surface area contributed by atoms with Gasteiger partial charge in [0.05, 0.1) is 19.3 Å². The van der Waals surface area contributed by atoms with Crippen molar-refractivity contribution < 1.29 is 14.3 Å². The lowest BCUT2D eigenvalue weighted by Gasteiger charge is -2.43. The van der Waals surface area contributed by atoms with Gasteiger partial charge in [-0.15, -0.1) is 0 Å². The third-order valence-corrected chi connectivity index (χ3v) is 4.16. The Hall–Kier alpha value is -1.39. The number of hydrogen-bond donors (Lipinski definition) is 0. The van der Waals surface area contributed by atoms with Crippen molar-refractivity contribution in [3.05, 3.63) is 35.9 Å². The zero-order valence-electron chi connectivity index (χ0n) is 16.0. The molecule has 0 bridgehead atoms. The first kappa shape index (κ1) is 20.7. The molecule has 0 amide bonds. The Morgan fingerprint density at radius 2 is 1.71 bits per heavy atom. The van der Waals surface area contributed by atoms with E-state index >= 15 is 0 Å². The summed E-state index contributed by atoms with van der Waals surface area (Å²) < 4.78 is 11.6. The standard InChI is InChI=1S/C20H33NO3/c1-7-21(8-2)19(20(4,5)6)18(24-16(3)22)15-23-14-17-12-10-9-11-13-17/h9-13,18-19H,7-8,14-15H2,1-6H3/t18-,19-/m1/s1. The van der Waals surface area contributed by atoms with Gasteiger partial charge in [-0.25, -0.2) is 0 Å². The molecule has 24 heavy (non-hydrogen) atoms. The number of nitrogens with zero attached hydrogens (tertiary/aromatic N) is 1. The van der Waals surface area contributed by atoms with Crippen molar-refractivity contribution in [2.24, 2.45) is 5.41 Å². The summed E-state index contributed by atoms with van der Waals surface area (Å²) in [7, 11) is 0. The molecule has 4 nitrogen and oxygen atoms in total. The van der Waals surface area contributed by atoms with Gasteiger partial charge in [0.1, 0.15) is 6.10 Å². The van der Waals surface area contributed by atoms with Crippen LogP contribution in [0.4, 0.5) is 0 Å². The zero-order valence-corrected chi connectivity index (χ0v) is 16.0. The van der Waals surface area contributed by atoms with Crippen LogP contribution in [0.15, 0.2) is 30.3 Å². The summed E-state index contributed by atoms with van der Waals surface area (Å²) in [6, 6.07) is 10.2. The Kier molecular flexibility index (Phi) is 8.43. The van der Waals surface area contributed by atoms with Crippen LogP contribution in [0.2, 0.25) is 0 Å². The number of carbonyl (C=O) groups is 1. The third kappa shape index (κ3) is 6.62. The van der Waals surface area contributed by atoms with Gasteiger partial charge >= 0.3 is 5.97 Å². The molecule has 0 unspecified atom stereocenters. The van der Waals surface area contributed by atoms with Crippen molar-refractivity contribution in [2.75, 3.05) is 19.7 Å². The maximum atomic E-state index is 11.6. The predicted octanol–water partition coefficient (Wildman–Crippen LogP) is 3.89. The first-order valence-corrected chi connectivity index (χ1v) is 8.82. The minimum atomic E-state index is -0.286. The van der Waals surface area contributed by atoms with Gasteiger partial charge in [0.25, 0.3) is 0 Å². The lowest BCUT2D eigenvalue weighted by atomic mass is 9.82. The molecule has 1 aromatic rings. The molecule has 0 radical (unpaired) electrons. The van der Waals surface area contributed by atoms with Crippen molar-refractivity contribution in [1.29, 1.82) is 0 Å². The largest absolute Gasteiger partial charge is 0.458 e. The van der Waals surface area contributed by atoms with Gasteiger partial charge in [0, 0.05) is 6.92 Å². The van der Waals surface area contributed by atoms with Crippen molar-refractivity contribution in [1.82, 2.24) is 4.90 Å². The van der Waals surface area contributed by atoms with E-state index in [0.717, 1.165) is 18.7 Å².